The van der Waals surface area contributed by atoms with E-state index in [0.29, 0.717) is 11.8 Å². The lowest BCUT2D eigenvalue weighted by atomic mass is 9.59. The first-order valence-corrected chi connectivity index (χ1v) is 11.5. The van der Waals surface area contributed by atoms with Crippen molar-refractivity contribution in [2.45, 2.75) is 71.1 Å². The normalized spacial score (nSPS) is 34.7. The summed E-state index contributed by atoms with van der Waals surface area (Å²) in [6, 6.07) is 5.83. The summed E-state index contributed by atoms with van der Waals surface area (Å²) in [5.41, 5.74) is -0.0297. The number of benzene rings is 1. The Hall–Kier alpha value is -1.89. The SMILES string of the molecule is CC1CCC(C2CCC3C(CCCC3C(=O)Oc3ccc(C#N)c(F)c3)C2)CC1. The van der Waals surface area contributed by atoms with E-state index in [4.69, 9.17) is 10.00 Å². The molecule has 4 atom stereocenters. The number of carbonyl (C=O) groups is 1. The number of fused-ring (bicyclic) bond motifs is 1. The summed E-state index contributed by atoms with van der Waals surface area (Å²) in [6.07, 6.45) is 12.4. The molecule has 3 aliphatic carbocycles. The zero-order valence-corrected chi connectivity index (χ0v) is 17.4. The quantitative estimate of drug-likeness (QED) is 0.447. The van der Waals surface area contributed by atoms with Crippen molar-refractivity contribution in [3.05, 3.63) is 29.6 Å². The molecule has 4 unspecified atom stereocenters. The molecule has 3 saturated carbocycles. The van der Waals surface area contributed by atoms with E-state index in [-0.39, 0.29) is 23.2 Å². The summed E-state index contributed by atoms with van der Waals surface area (Å²) in [5.74, 6) is 2.96. The largest absolute Gasteiger partial charge is 0.426 e. The monoisotopic (exact) mass is 397 g/mol. The predicted molar refractivity (Wildman–Crippen MR) is 110 cm³/mol. The molecule has 0 N–H and O–H groups in total. The first-order chi connectivity index (χ1) is 14.0. The van der Waals surface area contributed by atoms with E-state index in [1.165, 1.54) is 57.1 Å². The molecule has 156 valence electrons. The van der Waals surface area contributed by atoms with Crippen LogP contribution in [0.2, 0.25) is 0 Å². The Balaban J connectivity index is 1.38. The van der Waals surface area contributed by atoms with Gasteiger partial charge in [-0.1, -0.05) is 32.6 Å². The Bertz CT molecular complexity index is 778. The smallest absolute Gasteiger partial charge is 0.314 e. The van der Waals surface area contributed by atoms with Crippen LogP contribution in [0.1, 0.15) is 76.7 Å². The summed E-state index contributed by atoms with van der Waals surface area (Å²) in [4.78, 5) is 12.9. The van der Waals surface area contributed by atoms with Crippen LogP contribution in [0.3, 0.4) is 0 Å². The molecule has 0 radical (unpaired) electrons. The van der Waals surface area contributed by atoms with Crippen molar-refractivity contribution in [1.29, 1.82) is 5.26 Å². The lowest BCUT2D eigenvalue weighted by Gasteiger charge is -2.45. The van der Waals surface area contributed by atoms with Crippen LogP contribution in [0, 0.1) is 52.7 Å². The van der Waals surface area contributed by atoms with Crippen LogP contribution in [0.15, 0.2) is 18.2 Å². The molecule has 3 aliphatic rings. The van der Waals surface area contributed by atoms with Crippen molar-refractivity contribution in [1.82, 2.24) is 0 Å². The van der Waals surface area contributed by atoms with Gasteiger partial charge in [0.25, 0.3) is 0 Å². The Morgan fingerprint density at radius 1 is 1.03 bits per heavy atom. The Morgan fingerprint density at radius 3 is 2.52 bits per heavy atom. The number of rotatable bonds is 3. The molecule has 0 aromatic heterocycles. The summed E-state index contributed by atoms with van der Waals surface area (Å²) in [5, 5.41) is 8.86. The predicted octanol–water partition coefficient (Wildman–Crippen LogP) is 6.26. The van der Waals surface area contributed by atoms with Gasteiger partial charge in [0.1, 0.15) is 17.6 Å². The number of nitrogens with zero attached hydrogens (tertiary/aromatic N) is 1. The van der Waals surface area contributed by atoms with Crippen molar-refractivity contribution in [2.24, 2.45) is 35.5 Å². The fourth-order valence-corrected chi connectivity index (χ4v) is 6.32. The highest BCUT2D eigenvalue weighted by atomic mass is 19.1. The van der Waals surface area contributed by atoms with E-state index in [0.717, 1.165) is 43.1 Å². The topological polar surface area (TPSA) is 50.1 Å². The van der Waals surface area contributed by atoms with Crippen molar-refractivity contribution in [2.75, 3.05) is 0 Å². The van der Waals surface area contributed by atoms with Gasteiger partial charge in [-0.3, -0.25) is 4.79 Å². The third-order valence-electron chi connectivity index (χ3n) is 8.00. The zero-order valence-electron chi connectivity index (χ0n) is 17.4. The molecule has 3 nitrogen and oxygen atoms in total. The molecule has 4 heteroatoms. The minimum atomic E-state index is -0.637. The van der Waals surface area contributed by atoms with Gasteiger partial charge in [0.05, 0.1) is 11.5 Å². The Labute approximate surface area is 173 Å². The van der Waals surface area contributed by atoms with Crippen LogP contribution in [-0.2, 0) is 4.79 Å². The van der Waals surface area contributed by atoms with Crippen LogP contribution in [-0.4, -0.2) is 5.97 Å². The van der Waals surface area contributed by atoms with E-state index in [9.17, 15) is 9.18 Å². The maximum absolute atomic E-state index is 13.8. The molecule has 1 aromatic carbocycles. The van der Waals surface area contributed by atoms with Crippen LogP contribution in [0.4, 0.5) is 4.39 Å². The maximum Gasteiger partial charge on any atom is 0.314 e. The van der Waals surface area contributed by atoms with Crippen LogP contribution < -0.4 is 4.74 Å². The van der Waals surface area contributed by atoms with Gasteiger partial charge in [-0.05, 0) is 80.2 Å². The van der Waals surface area contributed by atoms with Gasteiger partial charge in [0, 0.05) is 6.07 Å². The fourth-order valence-electron chi connectivity index (χ4n) is 6.32. The van der Waals surface area contributed by atoms with Crippen LogP contribution in [0.25, 0.3) is 0 Å². The van der Waals surface area contributed by atoms with E-state index in [1.807, 2.05) is 0 Å². The Morgan fingerprint density at radius 2 is 1.79 bits per heavy atom. The van der Waals surface area contributed by atoms with Crippen LogP contribution >= 0.6 is 0 Å². The molecule has 0 aliphatic heterocycles. The highest BCUT2D eigenvalue weighted by Gasteiger charge is 2.43. The lowest BCUT2D eigenvalue weighted by Crippen LogP contribution is -2.40. The van der Waals surface area contributed by atoms with Gasteiger partial charge in [-0.25, -0.2) is 4.39 Å². The number of hydrogen-bond acceptors (Lipinski definition) is 3. The average Bonchev–Trinajstić information content (AvgIpc) is 2.73. The second-order valence-electron chi connectivity index (χ2n) is 9.73. The number of ether oxygens (including phenoxy) is 1. The second-order valence-corrected chi connectivity index (χ2v) is 9.73. The second kappa shape index (κ2) is 8.86. The number of esters is 1. The average molecular weight is 398 g/mol. The minimum absolute atomic E-state index is 0.0297. The molecule has 1 aromatic rings. The number of nitriles is 1. The van der Waals surface area contributed by atoms with E-state index >= 15 is 0 Å². The first kappa shape index (κ1) is 20.4. The number of carbonyl (C=O) groups excluding carboxylic acids is 1. The summed E-state index contributed by atoms with van der Waals surface area (Å²) in [6.45, 7) is 2.38. The standard InChI is InChI=1S/C25H32FNO2/c1-16-5-7-17(8-6-16)18-10-12-22-19(13-18)3-2-4-23(22)25(28)29-21-11-9-20(15-27)24(26)14-21/h9,11,14,16-19,22-23H,2-8,10,12-13H2,1H3. The molecule has 0 heterocycles. The zero-order chi connectivity index (χ0) is 20.4. The van der Waals surface area contributed by atoms with Gasteiger partial charge in [-0.15, -0.1) is 0 Å². The molecular weight excluding hydrogens is 365 g/mol. The van der Waals surface area contributed by atoms with Gasteiger partial charge in [-0.2, -0.15) is 5.26 Å². The van der Waals surface area contributed by atoms with E-state index in [2.05, 4.69) is 6.92 Å². The Kier molecular flexibility index (Phi) is 6.23. The van der Waals surface area contributed by atoms with Crippen molar-refractivity contribution in [3.63, 3.8) is 0 Å². The van der Waals surface area contributed by atoms with Crippen LogP contribution in [0.5, 0.6) is 5.75 Å². The van der Waals surface area contributed by atoms with E-state index in [1.54, 1.807) is 6.07 Å². The van der Waals surface area contributed by atoms with Gasteiger partial charge in [0.15, 0.2) is 0 Å². The van der Waals surface area contributed by atoms with Gasteiger partial charge >= 0.3 is 5.97 Å². The molecule has 4 rings (SSSR count). The fraction of sp³-hybridized carbons (Fsp3) is 0.680. The molecule has 0 spiro atoms. The maximum atomic E-state index is 13.8. The summed E-state index contributed by atoms with van der Waals surface area (Å²) in [7, 11) is 0. The molecule has 29 heavy (non-hydrogen) atoms. The summed E-state index contributed by atoms with van der Waals surface area (Å²) >= 11 is 0. The third kappa shape index (κ3) is 4.49. The van der Waals surface area contributed by atoms with Gasteiger partial charge < -0.3 is 4.74 Å². The summed E-state index contributed by atoms with van der Waals surface area (Å²) < 4.78 is 19.4. The first-order valence-electron chi connectivity index (χ1n) is 11.5. The highest BCUT2D eigenvalue weighted by Crippen LogP contribution is 2.50. The molecular formula is C25H32FNO2. The highest BCUT2D eigenvalue weighted by molar-refractivity contribution is 5.75. The van der Waals surface area contributed by atoms with Crippen molar-refractivity contribution in [3.8, 4) is 11.8 Å². The van der Waals surface area contributed by atoms with Crippen molar-refractivity contribution >= 4 is 5.97 Å². The number of halogens is 1. The molecule has 0 amide bonds. The number of hydrogen-bond donors (Lipinski definition) is 0. The molecule has 0 saturated heterocycles. The van der Waals surface area contributed by atoms with E-state index < -0.39 is 5.82 Å². The third-order valence-corrected chi connectivity index (χ3v) is 8.00. The lowest BCUT2D eigenvalue weighted by molar-refractivity contribution is -0.144. The molecule has 0 bridgehead atoms. The molecule has 3 fully saturated rings. The minimum Gasteiger partial charge on any atom is -0.426 e. The van der Waals surface area contributed by atoms with Crippen molar-refractivity contribution < 1.29 is 13.9 Å². The van der Waals surface area contributed by atoms with Gasteiger partial charge in [0.2, 0.25) is 0 Å².